The fraction of sp³-hybridized carbons (Fsp3) is 0.250. The Morgan fingerprint density at radius 3 is 2.92 bits per heavy atom. The minimum Gasteiger partial charge on any atom is -0.477 e. The van der Waals surface area contributed by atoms with Crippen LogP contribution in [-0.4, -0.2) is 25.7 Å². The summed E-state index contributed by atoms with van der Waals surface area (Å²) in [7, 11) is 0. The van der Waals surface area contributed by atoms with Gasteiger partial charge in [-0.1, -0.05) is 0 Å². The molecule has 5 nitrogen and oxygen atoms in total. The molecule has 0 unspecified atom stereocenters. The molecule has 2 N–H and O–H groups in total. The molecular formula is C8H9N3O2. The molecule has 2 aromatic rings. The van der Waals surface area contributed by atoms with Crippen molar-refractivity contribution in [3.05, 3.63) is 23.1 Å². The SMILES string of the molecule is Cc1nc2c(C(=O)O)c[nH]n2c1C. The van der Waals surface area contributed by atoms with E-state index >= 15 is 0 Å². The van der Waals surface area contributed by atoms with E-state index in [-0.39, 0.29) is 5.56 Å². The minimum atomic E-state index is -0.962. The molecule has 0 radical (unpaired) electrons. The summed E-state index contributed by atoms with van der Waals surface area (Å²) >= 11 is 0. The summed E-state index contributed by atoms with van der Waals surface area (Å²) in [5.74, 6) is -0.962. The Hall–Kier alpha value is -1.78. The van der Waals surface area contributed by atoms with Gasteiger partial charge >= 0.3 is 5.97 Å². The number of carbonyl (C=O) groups is 1. The summed E-state index contributed by atoms with van der Waals surface area (Å²) in [4.78, 5) is 14.9. The van der Waals surface area contributed by atoms with Crippen LogP contribution in [0.15, 0.2) is 6.20 Å². The topological polar surface area (TPSA) is 70.4 Å². The molecule has 5 heteroatoms. The molecule has 2 rings (SSSR count). The van der Waals surface area contributed by atoms with E-state index in [1.807, 2.05) is 13.8 Å². The molecule has 0 aliphatic heterocycles. The van der Waals surface area contributed by atoms with Crippen LogP contribution in [0.1, 0.15) is 21.7 Å². The van der Waals surface area contributed by atoms with Gasteiger partial charge in [-0.2, -0.15) is 0 Å². The maximum Gasteiger partial charge on any atom is 0.341 e. The van der Waals surface area contributed by atoms with Gasteiger partial charge in [-0.25, -0.2) is 14.3 Å². The Kier molecular flexibility index (Phi) is 1.42. The van der Waals surface area contributed by atoms with Crippen LogP contribution in [0.25, 0.3) is 5.65 Å². The van der Waals surface area contributed by atoms with E-state index in [9.17, 15) is 4.79 Å². The Balaban J connectivity index is 2.82. The second-order valence-electron chi connectivity index (χ2n) is 2.93. The lowest BCUT2D eigenvalue weighted by Crippen LogP contribution is -1.94. The molecule has 13 heavy (non-hydrogen) atoms. The van der Waals surface area contributed by atoms with Crippen LogP contribution in [0.3, 0.4) is 0 Å². The van der Waals surface area contributed by atoms with Gasteiger partial charge in [0.2, 0.25) is 0 Å². The number of aromatic nitrogens is 3. The minimum absolute atomic E-state index is 0.205. The molecule has 0 aliphatic carbocycles. The molecule has 0 saturated heterocycles. The molecular weight excluding hydrogens is 170 g/mol. The van der Waals surface area contributed by atoms with Crippen LogP contribution in [-0.2, 0) is 0 Å². The van der Waals surface area contributed by atoms with Gasteiger partial charge in [0, 0.05) is 6.20 Å². The van der Waals surface area contributed by atoms with Crippen molar-refractivity contribution >= 4 is 11.6 Å². The lowest BCUT2D eigenvalue weighted by atomic mass is 10.3. The lowest BCUT2D eigenvalue weighted by Gasteiger charge is -1.87. The summed E-state index contributed by atoms with van der Waals surface area (Å²) in [6, 6.07) is 0. The molecule has 0 aromatic carbocycles. The molecule has 0 spiro atoms. The number of hydrogen-bond donors (Lipinski definition) is 2. The number of nitrogens with zero attached hydrogens (tertiary/aromatic N) is 2. The van der Waals surface area contributed by atoms with Gasteiger partial charge in [-0.3, -0.25) is 5.10 Å². The number of carboxylic acids is 1. The molecule has 68 valence electrons. The van der Waals surface area contributed by atoms with Crippen molar-refractivity contribution in [1.82, 2.24) is 14.6 Å². The number of nitrogens with one attached hydrogen (secondary N) is 1. The number of H-pyrrole nitrogens is 1. The molecule has 0 amide bonds. The third-order valence-corrected chi connectivity index (χ3v) is 2.15. The molecule has 0 saturated carbocycles. The number of fused-ring (bicyclic) bond motifs is 1. The van der Waals surface area contributed by atoms with E-state index < -0.39 is 5.97 Å². The zero-order valence-corrected chi connectivity index (χ0v) is 7.33. The molecule has 2 aromatic heterocycles. The maximum absolute atomic E-state index is 10.7. The quantitative estimate of drug-likeness (QED) is 0.685. The number of rotatable bonds is 1. The third-order valence-electron chi connectivity index (χ3n) is 2.15. The number of hydrogen-bond acceptors (Lipinski definition) is 2. The zero-order valence-electron chi connectivity index (χ0n) is 7.33. The first kappa shape index (κ1) is 7.85. The highest BCUT2D eigenvalue weighted by atomic mass is 16.4. The van der Waals surface area contributed by atoms with Crippen molar-refractivity contribution in [3.63, 3.8) is 0 Å². The zero-order chi connectivity index (χ0) is 9.59. The van der Waals surface area contributed by atoms with Crippen molar-refractivity contribution in [3.8, 4) is 0 Å². The van der Waals surface area contributed by atoms with E-state index in [0.717, 1.165) is 11.4 Å². The van der Waals surface area contributed by atoms with E-state index in [1.54, 1.807) is 4.52 Å². The fourth-order valence-corrected chi connectivity index (χ4v) is 1.30. The first-order chi connectivity index (χ1) is 6.11. The Labute approximate surface area is 74.0 Å². The predicted molar refractivity (Wildman–Crippen MR) is 46.0 cm³/mol. The van der Waals surface area contributed by atoms with E-state index in [2.05, 4.69) is 10.1 Å². The smallest absolute Gasteiger partial charge is 0.341 e. The van der Waals surface area contributed by atoms with Crippen molar-refractivity contribution in [2.75, 3.05) is 0 Å². The van der Waals surface area contributed by atoms with Gasteiger partial charge < -0.3 is 5.11 Å². The highest BCUT2D eigenvalue weighted by Gasteiger charge is 2.14. The summed E-state index contributed by atoms with van der Waals surface area (Å²) < 4.78 is 1.67. The van der Waals surface area contributed by atoms with E-state index in [0.29, 0.717) is 5.65 Å². The normalized spacial score (nSPS) is 10.9. The summed E-state index contributed by atoms with van der Waals surface area (Å²) in [5.41, 5.74) is 2.45. The Morgan fingerprint density at radius 1 is 1.62 bits per heavy atom. The Bertz CT molecular complexity index is 481. The molecule has 0 aliphatic rings. The molecule has 0 bridgehead atoms. The molecule has 2 heterocycles. The van der Waals surface area contributed by atoms with Gasteiger partial charge in [0.15, 0.2) is 5.65 Å². The van der Waals surface area contributed by atoms with Crippen molar-refractivity contribution < 1.29 is 9.90 Å². The average Bonchev–Trinajstić information content (AvgIpc) is 2.55. The van der Waals surface area contributed by atoms with Crippen LogP contribution in [0.4, 0.5) is 0 Å². The number of aromatic amines is 1. The van der Waals surface area contributed by atoms with Crippen molar-refractivity contribution in [2.24, 2.45) is 0 Å². The fourth-order valence-electron chi connectivity index (χ4n) is 1.30. The summed E-state index contributed by atoms with van der Waals surface area (Å²) in [5, 5.41) is 11.6. The molecule has 0 atom stereocenters. The van der Waals surface area contributed by atoms with Crippen LogP contribution >= 0.6 is 0 Å². The van der Waals surface area contributed by atoms with Gasteiger partial charge in [0.05, 0.1) is 11.4 Å². The van der Waals surface area contributed by atoms with Gasteiger partial charge in [0.25, 0.3) is 0 Å². The van der Waals surface area contributed by atoms with Gasteiger partial charge in [-0.15, -0.1) is 0 Å². The van der Waals surface area contributed by atoms with E-state index in [4.69, 9.17) is 5.11 Å². The van der Waals surface area contributed by atoms with Gasteiger partial charge in [-0.05, 0) is 13.8 Å². The number of carboxylic acid groups (broad SMARTS) is 1. The van der Waals surface area contributed by atoms with Crippen LogP contribution < -0.4 is 0 Å². The van der Waals surface area contributed by atoms with E-state index in [1.165, 1.54) is 6.20 Å². The first-order valence-electron chi connectivity index (χ1n) is 3.87. The monoisotopic (exact) mass is 179 g/mol. The van der Waals surface area contributed by atoms with Crippen molar-refractivity contribution in [1.29, 1.82) is 0 Å². The molecule has 0 fully saturated rings. The largest absolute Gasteiger partial charge is 0.477 e. The Morgan fingerprint density at radius 2 is 2.31 bits per heavy atom. The number of imidazole rings is 1. The summed E-state index contributed by atoms with van der Waals surface area (Å²) in [6.45, 7) is 3.74. The van der Waals surface area contributed by atoms with Crippen LogP contribution in [0, 0.1) is 13.8 Å². The highest BCUT2D eigenvalue weighted by molar-refractivity contribution is 5.94. The predicted octanol–water partition coefficient (Wildman–Crippen LogP) is 0.977. The number of aromatic carboxylic acids is 1. The lowest BCUT2D eigenvalue weighted by molar-refractivity contribution is 0.0699. The second-order valence-corrected chi connectivity index (χ2v) is 2.93. The van der Waals surface area contributed by atoms with Gasteiger partial charge in [0.1, 0.15) is 5.56 Å². The standard InChI is InChI=1S/C8H9N3O2/c1-4-5(2)11-7(10-4)6(3-9-11)8(12)13/h3,9H,1-2H3,(H,12,13). The summed E-state index contributed by atoms with van der Waals surface area (Å²) in [6.07, 6.45) is 1.44. The first-order valence-corrected chi connectivity index (χ1v) is 3.87. The van der Waals surface area contributed by atoms with Crippen molar-refractivity contribution in [2.45, 2.75) is 13.8 Å². The second kappa shape index (κ2) is 2.35. The average molecular weight is 179 g/mol. The maximum atomic E-state index is 10.7. The van der Waals surface area contributed by atoms with Crippen LogP contribution in [0.5, 0.6) is 0 Å². The third kappa shape index (κ3) is 0.932. The number of aryl methyl sites for hydroxylation is 2. The van der Waals surface area contributed by atoms with Crippen LogP contribution in [0.2, 0.25) is 0 Å². The highest BCUT2D eigenvalue weighted by Crippen LogP contribution is 2.13.